The molecule has 0 heterocycles. The van der Waals surface area contributed by atoms with E-state index in [4.69, 9.17) is 0 Å². The molecule has 80 valence electrons. The van der Waals surface area contributed by atoms with Crippen LogP contribution in [0.2, 0.25) is 0 Å². The summed E-state index contributed by atoms with van der Waals surface area (Å²) in [5, 5.41) is 0.282. The monoisotopic (exact) mass is 212 g/mol. The molecule has 2 bridgehead atoms. The normalized spacial score (nSPS) is 38.9. The maximum absolute atomic E-state index is 10.9. The van der Waals surface area contributed by atoms with Gasteiger partial charge in [0.15, 0.2) is 5.12 Å². The van der Waals surface area contributed by atoms with Crippen molar-refractivity contribution in [3.8, 4) is 0 Å². The molecule has 0 amide bonds. The Balaban J connectivity index is 1.91. The third-order valence-electron chi connectivity index (χ3n) is 4.50. The quantitative estimate of drug-likeness (QED) is 0.698. The van der Waals surface area contributed by atoms with Crippen molar-refractivity contribution < 1.29 is 4.79 Å². The SMILES string of the molecule is CC(=O)SC[C@@H]1CC[C@H]2C[C@@H]1C2(C)C. The first-order chi connectivity index (χ1) is 6.51. The molecule has 0 aromatic heterocycles. The first-order valence-corrected chi connectivity index (χ1v) is 6.63. The Morgan fingerprint density at radius 2 is 2.14 bits per heavy atom. The fraction of sp³-hybridized carbons (Fsp3) is 0.917. The van der Waals surface area contributed by atoms with Crippen LogP contribution in [0.15, 0.2) is 0 Å². The average molecular weight is 212 g/mol. The highest BCUT2D eigenvalue weighted by atomic mass is 32.2. The smallest absolute Gasteiger partial charge is 0.185 e. The largest absolute Gasteiger partial charge is 0.288 e. The van der Waals surface area contributed by atoms with Crippen LogP contribution in [0.25, 0.3) is 0 Å². The zero-order chi connectivity index (χ0) is 10.3. The van der Waals surface area contributed by atoms with E-state index in [0.717, 1.165) is 23.5 Å². The van der Waals surface area contributed by atoms with Crippen molar-refractivity contribution in [1.82, 2.24) is 0 Å². The van der Waals surface area contributed by atoms with E-state index in [2.05, 4.69) is 13.8 Å². The van der Waals surface area contributed by atoms with E-state index in [1.54, 1.807) is 6.92 Å². The first-order valence-electron chi connectivity index (χ1n) is 5.65. The van der Waals surface area contributed by atoms with Gasteiger partial charge in [-0.25, -0.2) is 0 Å². The van der Waals surface area contributed by atoms with Crippen molar-refractivity contribution in [2.75, 3.05) is 5.75 Å². The van der Waals surface area contributed by atoms with E-state index in [1.165, 1.54) is 31.0 Å². The Labute approximate surface area is 91.0 Å². The summed E-state index contributed by atoms with van der Waals surface area (Å²) >= 11 is 1.53. The number of fused-ring (bicyclic) bond motifs is 2. The molecule has 2 heteroatoms. The average Bonchev–Trinajstić information content (AvgIpc) is 2.14. The number of carbonyl (C=O) groups is 1. The maximum atomic E-state index is 10.9. The Bertz CT molecular complexity index is 245. The van der Waals surface area contributed by atoms with Crippen LogP contribution in [0, 0.1) is 23.2 Å². The van der Waals surface area contributed by atoms with Crippen LogP contribution >= 0.6 is 11.8 Å². The molecule has 3 atom stereocenters. The van der Waals surface area contributed by atoms with Crippen LogP contribution < -0.4 is 0 Å². The molecule has 3 aliphatic rings. The van der Waals surface area contributed by atoms with Gasteiger partial charge in [-0.05, 0) is 42.4 Å². The minimum Gasteiger partial charge on any atom is -0.288 e. The molecule has 0 unspecified atom stereocenters. The number of hydrogen-bond acceptors (Lipinski definition) is 2. The number of carbonyl (C=O) groups excluding carboxylic acids is 1. The van der Waals surface area contributed by atoms with Gasteiger partial charge in [-0.15, -0.1) is 0 Å². The lowest BCUT2D eigenvalue weighted by Gasteiger charge is -2.60. The summed E-state index contributed by atoms with van der Waals surface area (Å²) < 4.78 is 0. The van der Waals surface area contributed by atoms with E-state index in [0.29, 0.717) is 5.41 Å². The van der Waals surface area contributed by atoms with Crippen molar-refractivity contribution >= 4 is 16.9 Å². The van der Waals surface area contributed by atoms with Gasteiger partial charge >= 0.3 is 0 Å². The van der Waals surface area contributed by atoms with Gasteiger partial charge in [0.25, 0.3) is 0 Å². The van der Waals surface area contributed by atoms with Gasteiger partial charge in [0.2, 0.25) is 0 Å². The Morgan fingerprint density at radius 3 is 2.64 bits per heavy atom. The lowest BCUT2D eigenvalue weighted by molar-refractivity contribution is -0.109. The summed E-state index contributed by atoms with van der Waals surface area (Å²) in [5.41, 5.74) is 0.570. The summed E-state index contributed by atoms with van der Waals surface area (Å²) in [6.45, 7) is 6.51. The fourth-order valence-electron chi connectivity index (χ4n) is 3.39. The number of hydrogen-bond donors (Lipinski definition) is 0. The molecule has 0 radical (unpaired) electrons. The summed E-state index contributed by atoms with van der Waals surface area (Å²) in [5.74, 6) is 3.75. The van der Waals surface area contributed by atoms with Gasteiger partial charge in [-0.1, -0.05) is 25.6 Å². The summed E-state index contributed by atoms with van der Waals surface area (Å²) in [6, 6.07) is 0. The summed E-state index contributed by atoms with van der Waals surface area (Å²) in [7, 11) is 0. The van der Waals surface area contributed by atoms with E-state index < -0.39 is 0 Å². The van der Waals surface area contributed by atoms with Crippen LogP contribution in [-0.4, -0.2) is 10.9 Å². The van der Waals surface area contributed by atoms with Crippen molar-refractivity contribution in [2.24, 2.45) is 23.2 Å². The van der Waals surface area contributed by atoms with Crippen LogP contribution in [0.1, 0.15) is 40.0 Å². The predicted molar refractivity (Wildman–Crippen MR) is 61.2 cm³/mol. The van der Waals surface area contributed by atoms with Gasteiger partial charge < -0.3 is 0 Å². The Kier molecular flexibility index (Phi) is 2.67. The molecule has 0 N–H and O–H groups in total. The zero-order valence-electron chi connectivity index (χ0n) is 9.38. The topological polar surface area (TPSA) is 17.1 Å². The van der Waals surface area contributed by atoms with E-state index in [9.17, 15) is 4.79 Å². The molecule has 0 aliphatic heterocycles. The summed E-state index contributed by atoms with van der Waals surface area (Å²) in [4.78, 5) is 10.9. The lowest BCUT2D eigenvalue weighted by Crippen LogP contribution is -2.52. The van der Waals surface area contributed by atoms with Gasteiger partial charge in [-0.3, -0.25) is 4.79 Å². The molecule has 3 saturated carbocycles. The van der Waals surface area contributed by atoms with Gasteiger partial charge in [0.1, 0.15) is 0 Å². The highest BCUT2D eigenvalue weighted by Crippen LogP contribution is 2.61. The molecule has 0 spiro atoms. The van der Waals surface area contributed by atoms with Crippen LogP contribution in [0.4, 0.5) is 0 Å². The van der Waals surface area contributed by atoms with Gasteiger partial charge in [0.05, 0.1) is 0 Å². The molecular weight excluding hydrogens is 192 g/mol. The van der Waals surface area contributed by atoms with Crippen molar-refractivity contribution in [3.63, 3.8) is 0 Å². The van der Waals surface area contributed by atoms with Crippen molar-refractivity contribution in [1.29, 1.82) is 0 Å². The van der Waals surface area contributed by atoms with E-state index in [1.807, 2.05) is 0 Å². The van der Waals surface area contributed by atoms with Crippen molar-refractivity contribution in [2.45, 2.75) is 40.0 Å². The molecule has 3 fully saturated rings. The second kappa shape index (κ2) is 3.55. The lowest BCUT2D eigenvalue weighted by atomic mass is 9.46. The van der Waals surface area contributed by atoms with E-state index >= 15 is 0 Å². The second-order valence-corrected chi connectivity index (χ2v) is 6.70. The van der Waals surface area contributed by atoms with E-state index in [-0.39, 0.29) is 5.12 Å². The molecule has 0 aromatic rings. The molecule has 1 nitrogen and oxygen atoms in total. The summed E-state index contributed by atoms with van der Waals surface area (Å²) in [6.07, 6.45) is 4.18. The first kappa shape index (κ1) is 10.5. The van der Waals surface area contributed by atoms with Gasteiger partial charge in [-0.2, -0.15) is 0 Å². The molecule has 14 heavy (non-hydrogen) atoms. The second-order valence-electron chi connectivity index (χ2n) is 5.50. The third kappa shape index (κ3) is 1.62. The van der Waals surface area contributed by atoms with Crippen LogP contribution in [-0.2, 0) is 4.79 Å². The molecule has 3 aliphatic carbocycles. The number of rotatable bonds is 2. The standard InChI is InChI=1S/C12H20OS/c1-8(13)14-7-9-4-5-10-6-11(9)12(10,2)3/h9-11H,4-7H2,1-3H3/t9-,10-,11-/m0/s1. The van der Waals surface area contributed by atoms with Crippen LogP contribution in [0.3, 0.4) is 0 Å². The number of thioether (sulfide) groups is 1. The maximum Gasteiger partial charge on any atom is 0.185 e. The van der Waals surface area contributed by atoms with Crippen molar-refractivity contribution in [3.05, 3.63) is 0 Å². The molecule has 3 rings (SSSR count). The molecule has 0 saturated heterocycles. The fourth-order valence-corrected chi connectivity index (χ4v) is 4.23. The predicted octanol–water partition coefficient (Wildman–Crippen LogP) is 3.34. The zero-order valence-corrected chi connectivity index (χ0v) is 10.2. The highest BCUT2D eigenvalue weighted by Gasteiger charge is 2.53. The molecule has 0 aromatic carbocycles. The highest BCUT2D eigenvalue weighted by molar-refractivity contribution is 8.13. The molecular formula is C12H20OS. The Morgan fingerprint density at radius 1 is 1.43 bits per heavy atom. The minimum absolute atomic E-state index is 0.282. The Hall–Kier alpha value is 0.0200. The minimum atomic E-state index is 0.282. The van der Waals surface area contributed by atoms with Crippen LogP contribution in [0.5, 0.6) is 0 Å². The third-order valence-corrected chi connectivity index (χ3v) is 5.50. The van der Waals surface area contributed by atoms with Gasteiger partial charge in [0, 0.05) is 12.7 Å².